The van der Waals surface area contributed by atoms with Crippen LogP contribution in [0.5, 0.6) is 0 Å². The van der Waals surface area contributed by atoms with Gasteiger partial charge >= 0.3 is 6.18 Å². The lowest BCUT2D eigenvalue weighted by atomic mass is 10.1. The van der Waals surface area contributed by atoms with Crippen LogP contribution in [-0.4, -0.2) is 34.0 Å². The van der Waals surface area contributed by atoms with Gasteiger partial charge in [-0.3, -0.25) is 0 Å². The highest BCUT2D eigenvalue weighted by molar-refractivity contribution is 4.91. The topological polar surface area (TPSA) is 42.7 Å². The lowest BCUT2D eigenvalue weighted by molar-refractivity contribution is -0.136. The molecule has 0 saturated heterocycles. The van der Waals surface area contributed by atoms with Gasteiger partial charge in [0.1, 0.15) is 12.2 Å². The van der Waals surface area contributed by atoms with Crippen molar-refractivity contribution in [3.63, 3.8) is 0 Å². The van der Waals surface area contributed by atoms with E-state index in [0.717, 1.165) is 0 Å². The minimum Gasteiger partial charge on any atom is -0.317 e. The first kappa shape index (κ1) is 14.9. The summed E-state index contributed by atoms with van der Waals surface area (Å²) in [4.78, 5) is 4.10. The van der Waals surface area contributed by atoms with E-state index in [1.165, 1.54) is 6.33 Å². The first-order valence-corrected chi connectivity index (χ1v) is 5.96. The van der Waals surface area contributed by atoms with E-state index in [-0.39, 0.29) is 18.5 Å². The third-order valence-corrected chi connectivity index (χ3v) is 2.75. The van der Waals surface area contributed by atoms with Crippen molar-refractivity contribution in [3.05, 3.63) is 12.2 Å². The van der Waals surface area contributed by atoms with Crippen molar-refractivity contribution in [2.24, 2.45) is 0 Å². The minimum absolute atomic E-state index is 0.0466. The zero-order chi connectivity index (χ0) is 13.8. The molecule has 0 aliphatic carbocycles. The molecule has 0 radical (unpaired) electrons. The predicted octanol–water partition coefficient (Wildman–Crippen LogP) is 2.33. The summed E-state index contributed by atoms with van der Waals surface area (Å²) in [6.07, 6.45) is -2.96. The number of nitrogens with zero attached hydrogens (tertiary/aromatic N) is 3. The average Bonchev–Trinajstić information content (AvgIpc) is 2.70. The largest absolute Gasteiger partial charge is 0.389 e. The number of hydrogen-bond acceptors (Lipinski definition) is 3. The zero-order valence-corrected chi connectivity index (χ0v) is 10.8. The average molecular weight is 264 g/mol. The van der Waals surface area contributed by atoms with Gasteiger partial charge in [0, 0.05) is 24.9 Å². The van der Waals surface area contributed by atoms with Crippen LogP contribution in [0.25, 0.3) is 0 Å². The summed E-state index contributed by atoms with van der Waals surface area (Å²) < 4.78 is 38.3. The Bertz CT molecular complexity index is 359. The van der Waals surface area contributed by atoms with Gasteiger partial charge in [0.25, 0.3) is 0 Å². The van der Waals surface area contributed by atoms with E-state index in [4.69, 9.17) is 0 Å². The molecule has 0 aromatic carbocycles. The van der Waals surface area contributed by atoms with Crippen molar-refractivity contribution in [1.29, 1.82) is 0 Å². The molecule has 0 spiro atoms. The zero-order valence-electron chi connectivity index (χ0n) is 10.8. The van der Waals surface area contributed by atoms with Crippen LogP contribution in [-0.2, 0) is 6.42 Å². The Kier molecular flexibility index (Phi) is 5.13. The molecule has 1 unspecified atom stereocenters. The number of likely N-dealkylation sites (N-methyl/N-ethyl adjacent to an activating group) is 1. The van der Waals surface area contributed by atoms with Crippen molar-refractivity contribution in [1.82, 2.24) is 20.1 Å². The van der Waals surface area contributed by atoms with Crippen LogP contribution >= 0.6 is 0 Å². The summed E-state index contributed by atoms with van der Waals surface area (Å²) >= 11 is 0. The standard InChI is InChI=1S/C11H19F3N4/c1-8(2)18-10(16-7-17-18)6-9(15-3)4-5-11(12,13)14/h7-9,15H,4-6H2,1-3H3. The molecule has 1 atom stereocenters. The maximum atomic E-state index is 12.2. The SMILES string of the molecule is CNC(CCC(F)(F)F)Cc1ncnn1C(C)C. The smallest absolute Gasteiger partial charge is 0.317 e. The molecule has 0 aliphatic heterocycles. The Balaban J connectivity index is 2.60. The molecule has 0 fully saturated rings. The molecule has 4 nitrogen and oxygen atoms in total. The van der Waals surface area contributed by atoms with E-state index < -0.39 is 12.6 Å². The molecule has 7 heteroatoms. The van der Waals surface area contributed by atoms with Crippen LogP contribution in [0.3, 0.4) is 0 Å². The highest BCUT2D eigenvalue weighted by atomic mass is 19.4. The van der Waals surface area contributed by atoms with Gasteiger partial charge in [0.15, 0.2) is 0 Å². The Labute approximate surface area is 105 Å². The monoisotopic (exact) mass is 264 g/mol. The summed E-state index contributed by atoms with van der Waals surface area (Å²) in [5.41, 5.74) is 0. The van der Waals surface area contributed by atoms with Gasteiger partial charge in [0.05, 0.1) is 0 Å². The third-order valence-electron chi connectivity index (χ3n) is 2.75. The first-order chi connectivity index (χ1) is 8.33. The molecule has 0 amide bonds. The number of aromatic nitrogens is 3. The summed E-state index contributed by atoms with van der Waals surface area (Å²) in [5.74, 6) is 0.714. The van der Waals surface area contributed by atoms with E-state index in [0.29, 0.717) is 12.2 Å². The van der Waals surface area contributed by atoms with Gasteiger partial charge in [0.2, 0.25) is 0 Å². The van der Waals surface area contributed by atoms with Gasteiger partial charge in [-0.1, -0.05) is 0 Å². The molecular formula is C11H19F3N4. The molecule has 1 heterocycles. The van der Waals surface area contributed by atoms with Crippen LogP contribution in [0.2, 0.25) is 0 Å². The second kappa shape index (κ2) is 6.17. The fourth-order valence-corrected chi connectivity index (χ4v) is 1.76. The van der Waals surface area contributed by atoms with Crippen molar-refractivity contribution < 1.29 is 13.2 Å². The number of rotatable bonds is 6. The summed E-state index contributed by atoms with van der Waals surface area (Å²) in [7, 11) is 1.66. The van der Waals surface area contributed by atoms with Gasteiger partial charge in [-0.2, -0.15) is 18.3 Å². The number of alkyl halides is 3. The van der Waals surface area contributed by atoms with Crippen molar-refractivity contribution in [2.45, 2.75) is 51.4 Å². The van der Waals surface area contributed by atoms with Gasteiger partial charge < -0.3 is 5.32 Å². The third kappa shape index (κ3) is 4.64. The molecule has 1 N–H and O–H groups in total. The maximum Gasteiger partial charge on any atom is 0.389 e. The Morgan fingerprint density at radius 2 is 2.06 bits per heavy atom. The van der Waals surface area contributed by atoms with Crippen LogP contribution in [0.15, 0.2) is 6.33 Å². The van der Waals surface area contributed by atoms with E-state index in [2.05, 4.69) is 15.4 Å². The molecule has 0 saturated carbocycles. The van der Waals surface area contributed by atoms with E-state index >= 15 is 0 Å². The molecule has 0 bridgehead atoms. The van der Waals surface area contributed by atoms with E-state index in [9.17, 15) is 13.2 Å². The van der Waals surface area contributed by atoms with Crippen molar-refractivity contribution in [3.8, 4) is 0 Å². The van der Waals surface area contributed by atoms with Crippen molar-refractivity contribution >= 4 is 0 Å². The molecule has 0 aliphatic rings. The predicted molar refractivity (Wildman–Crippen MR) is 62.2 cm³/mol. The highest BCUT2D eigenvalue weighted by Crippen LogP contribution is 2.23. The minimum atomic E-state index is -4.11. The fourth-order valence-electron chi connectivity index (χ4n) is 1.76. The van der Waals surface area contributed by atoms with Crippen LogP contribution < -0.4 is 5.32 Å². The molecule has 18 heavy (non-hydrogen) atoms. The van der Waals surface area contributed by atoms with Gasteiger partial charge in [-0.15, -0.1) is 0 Å². The van der Waals surface area contributed by atoms with E-state index in [1.807, 2.05) is 13.8 Å². The normalized spacial score (nSPS) is 14.2. The number of halogens is 3. The quantitative estimate of drug-likeness (QED) is 0.857. The van der Waals surface area contributed by atoms with Gasteiger partial charge in [-0.25, -0.2) is 9.67 Å². The lowest BCUT2D eigenvalue weighted by Gasteiger charge is -2.18. The van der Waals surface area contributed by atoms with Crippen LogP contribution in [0, 0.1) is 0 Å². The summed E-state index contributed by atoms with van der Waals surface area (Å²) in [5, 5.41) is 6.97. The Morgan fingerprint density at radius 3 is 2.56 bits per heavy atom. The fraction of sp³-hybridized carbons (Fsp3) is 0.818. The van der Waals surface area contributed by atoms with Crippen LogP contribution in [0.1, 0.15) is 38.6 Å². The molecule has 1 rings (SSSR count). The lowest BCUT2D eigenvalue weighted by Crippen LogP contribution is -2.30. The van der Waals surface area contributed by atoms with Gasteiger partial charge in [-0.05, 0) is 27.3 Å². The molecule has 104 valence electrons. The molecule has 1 aromatic rings. The second-order valence-electron chi connectivity index (χ2n) is 4.56. The Hall–Kier alpha value is -1.11. The second-order valence-corrected chi connectivity index (χ2v) is 4.56. The highest BCUT2D eigenvalue weighted by Gasteiger charge is 2.28. The maximum absolute atomic E-state index is 12.2. The Morgan fingerprint density at radius 1 is 1.39 bits per heavy atom. The molecule has 1 aromatic heterocycles. The first-order valence-electron chi connectivity index (χ1n) is 5.96. The number of hydrogen-bond donors (Lipinski definition) is 1. The summed E-state index contributed by atoms with van der Waals surface area (Å²) in [6, 6.07) is -0.0871. The summed E-state index contributed by atoms with van der Waals surface area (Å²) in [6.45, 7) is 3.92. The van der Waals surface area contributed by atoms with E-state index in [1.54, 1.807) is 11.7 Å². The number of nitrogens with one attached hydrogen (secondary N) is 1. The van der Waals surface area contributed by atoms with Crippen LogP contribution in [0.4, 0.5) is 13.2 Å². The molecular weight excluding hydrogens is 245 g/mol. The van der Waals surface area contributed by atoms with Crippen molar-refractivity contribution in [2.75, 3.05) is 7.05 Å².